The molecule has 1 fully saturated rings. The van der Waals surface area contributed by atoms with Gasteiger partial charge in [-0.05, 0) is 51.4 Å². The van der Waals surface area contributed by atoms with Crippen LogP contribution in [-0.4, -0.2) is 24.5 Å². The molecule has 1 aromatic carbocycles. The van der Waals surface area contributed by atoms with E-state index in [-0.39, 0.29) is 6.04 Å². The summed E-state index contributed by atoms with van der Waals surface area (Å²) in [6.07, 6.45) is 3.79. The first kappa shape index (κ1) is 11.6. The topological polar surface area (TPSA) is 29.3 Å². The van der Waals surface area contributed by atoms with Gasteiger partial charge in [0, 0.05) is 6.04 Å². The van der Waals surface area contributed by atoms with Crippen LogP contribution in [0.4, 0.5) is 0 Å². The Hall–Kier alpha value is -0.860. The molecule has 1 atom stereocenters. The lowest BCUT2D eigenvalue weighted by Crippen LogP contribution is -2.24. The van der Waals surface area contributed by atoms with Crippen LogP contribution in [0.15, 0.2) is 24.3 Å². The Morgan fingerprint density at radius 3 is 2.75 bits per heavy atom. The summed E-state index contributed by atoms with van der Waals surface area (Å²) >= 11 is 0. The minimum atomic E-state index is 0.195. The summed E-state index contributed by atoms with van der Waals surface area (Å²) in [6.45, 7) is 5.80. The average molecular weight is 218 g/mol. The van der Waals surface area contributed by atoms with Gasteiger partial charge in [-0.3, -0.25) is 0 Å². The molecule has 16 heavy (non-hydrogen) atoms. The Morgan fingerprint density at radius 1 is 1.31 bits per heavy atom. The molecule has 0 amide bonds. The summed E-state index contributed by atoms with van der Waals surface area (Å²) in [7, 11) is 0. The van der Waals surface area contributed by atoms with E-state index in [2.05, 4.69) is 36.1 Å². The lowest BCUT2D eigenvalue weighted by molar-refractivity contribution is 0.322. The highest BCUT2D eigenvalue weighted by molar-refractivity contribution is 5.24. The van der Waals surface area contributed by atoms with E-state index in [1.165, 1.54) is 37.1 Å². The van der Waals surface area contributed by atoms with E-state index in [1.807, 2.05) is 0 Å². The van der Waals surface area contributed by atoms with Crippen LogP contribution in [-0.2, 0) is 0 Å². The van der Waals surface area contributed by atoms with E-state index in [4.69, 9.17) is 5.73 Å². The molecule has 2 heteroatoms. The Labute approximate surface area is 98.4 Å². The fourth-order valence-electron chi connectivity index (χ4n) is 2.40. The van der Waals surface area contributed by atoms with Crippen LogP contribution in [0, 0.1) is 6.92 Å². The third kappa shape index (κ3) is 3.06. The first-order chi connectivity index (χ1) is 7.75. The van der Waals surface area contributed by atoms with Crippen molar-refractivity contribution in [3.8, 4) is 0 Å². The summed E-state index contributed by atoms with van der Waals surface area (Å²) in [6, 6.07) is 8.76. The van der Waals surface area contributed by atoms with Gasteiger partial charge >= 0.3 is 0 Å². The van der Waals surface area contributed by atoms with E-state index in [0.717, 1.165) is 13.0 Å². The number of benzene rings is 1. The maximum Gasteiger partial charge on any atom is 0.0307 e. The summed E-state index contributed by atoms with van der Waals surface area (Å²) in [4.78, 5) is 2.52. The van der Waals surface area contributed by atoms with E-state index >= 15 is 0 Å². The molecule has 2 nitrogen and oxygen atoms in total. The van der Waals surface area contributed by atoms with Crippen molar-refractivity contribution in [3.63, 3.8) is 0 Å². The number of nitrogens with zero attached hydrogens (tertiary/aromatic N) is 1. The normalized spacial score (nSPS) is 18.9. The summed E-state index contributed by atoms with van der Waals surface area (Å²) in [5, 5.41) is 0. The zero-order chi connectivity index (χ0) is 11.4. The van der Waals surface area contributed by atoms with Gasteiger partial charge < -0.3 is 10.6 Å². The minimum Gasteiger partial charge on any atom is -0.324 e. The second-order valence-corrected chi connectivity index (χ2v) is 4.86. The molecule has 2 N–H and O–H groups in total. The highest BCUT2D eigenvalue weighted by Crippen LogP contribution is 2.17. The molecule has 2 rings (SSSR count). The molecule has 0 saturated carbocycles. The summed E-state index contributed by atoms with van der Waals surface area (Å²) < 4.78 is 0. The zero-order valence-electron chi connectivity index (χ0n) is 10.2. The second kappa shape index (κ2) is 5.46. The van der Waals surface area contributed by atoms with Gasteiger partial charge in [0.15, 0.2) is 0 Å². The molecular weight excluding hydrogens is 196 g/mol. The van der Waals surface area contributed by atoms with E-state index in [1.54, 1.807) is 0 Å². The number of rotatable bonds is 4. The van der Waals surface area contributed by atoms with Gasteiger partial charge in [0.05, 0.1) is 0 Å². The fraction of sp³-hybridized carbons (Fsp3) is 0.571. The number of nitrogens with two attached hydrogens (primary N) is 1. The van der Waals surface area contributed by atoms with Crippen molar-refractivity contribution < 1.29 is 0 Å². The summed E-state index contributed by atoms with van der Waals surface area (Å²) in [5.74, 6) is 0. The molecule has 1 aliphatic rings. The first-order valence-electron chi connectivity index (χ1n) is 6.30. The number of hydrogen-bond donors (Lipinski definition) is 1. The van der Waals surface area contributed by atoms with Crippen LogP contribution in [0.2, 0.25) is 0 Å². The molecule has 1 heterocycles. The SMILES string of the molecule is Cc1cccc(C(N)CCN2CCCC2)c1. The van der Waals surface area contributed by atoms with Crippen LogP contribution in [0.5, 0.6) is 0 Å². The van der Waals surface area contributed by atoms with Crippen molar-refractivity contribution >= 4 is 0 Å². The third-order valence-electron chi connectivity index (χ3n) is 3.43. The molecule has 88 valence electrons. The van der Waals surface area contributed by atoms with Crippen LogP contribution in [0.25, 0.3) is 0 Å². The van der Waals surface area contributed by atoms with Crippen molar-refractivity contribution in [2.24, 2.45) is 5.73 Å². The number of hydrogen-bond acceptors (Lipinski definition) is 2. The quantitative estimate of drug-likeness (QED) is 0.841. The molecule has 0 aliphatic carbocycles. The van der Waals surface area contributed by atoms with E-state index < -0.39 is 0 Å². The Morgan fingerprint density at radius 2 is 2.06 bits per heavy atom. The Kier molecular flexibility index (Phi) is 3.97. The monoisotopic (exact) mass is 218 g/mol. The summed E-state index contributed by atoms with van der Waals surface area (Å²) in [5.41, 5.74) is 8.79. The lowest BCUT2D eigenvalue weighted by atomic mass is 10.0. The molecule has 1 saturated heterocycles. The molecule has 0 aromatic heterocycles. The third-order valence-corrected chi connectivity index (χ3v) is 3.43. The van der Waals surface area contributed by atoms with Crippen LogP contribution >= 0.6 is 0 Å². The number of aryl methyl sites for hydroxylation is 1. The van der Waals surface area contributed by atoms with Crippen molar-refractivity contribution in [1.82, 2.24) is 4.90 Å². The minimum absolute atomic E-state index is 0.195. The maximum absolute atomic E-state index is 6.22. The molecule has 1 unspecified atom stereocenters. The number of likely N-dealkylation sites (tertiary alicyclic amines) is 1. The zero-order valence-corrected chi connectivity index (χ0v) is 10.2. The smallest absolute Gasteiger partial charge is 0.0307 e. The molecule has 0 bridgehead atoms. The van der Waals surface area contributed by atoms with Gasteiger partial charge in [-0.15, -0.1) is 0 Å². The van der Waals surface area contributed by atoms with E-state index in [9.17, 15) is 0 Å². The van der Waals surface area contributed by atoms with Gasteiger partial charge in [0.1, 0.15) is 0 Å². The predicted molar refractivity (Wildman–Crippen MR) is 68.4 cm³/mol. The van der Waals surface area contributed by atoms with E-state index in [0.29, 0.717) is 0 Å². The first-order valence-corrected chi connectivity index (χ1v) is 6.30. The largest absolute Gasteiger partial charge is 0.324 e. The molecule has 1 aromatic rings. The van der Waals surface area contributed by atoms with Crippen molar-refractivity contribution in [2.45, 2.75) is 32.2 Å². The van der Waals surface area contributed by atoms with Crippen molar-refractivity contribution in [3.05, 3.63) is 35.4 Å². The van der Waals surface area contributed by atoms with Crippen molar-refractivity contribution in [1.29, 1.82) is 0 Å². The molecular formula is C14H22N2. The highest BCUT2D eigenvalue weighted by atomic mass is 15.1. The van der Waals surface area contributed by atoms with Gasteiger partial charge in [0.25, 0.3) is 0 Å². The van der Waals surface area contributed by atoms with Crippen LogP contribution < -0.4 is 5.73 Å². The highest BCUT2D eigenvalue weighted by Gasteiger charge is 2.13. The predicted octanol–water partition coefficient (Wildman–Crippen LogP) is 2.48. The molecule has 0 spiro atoms. The fourth-order valence-corrected chi connectivity index (χ4v) is 2.40. The molecule has 1 aliphatic heterocycles. The Balaban J connectivity index is 1.85. The van der Waals surface area contributed by atoms with Gasteiger partial charge in [-0.2, -0.15) is 0 Å². The van der Waals surface area contributed by atoms with Crippen molar-refractivity contribution in [2.75, 3.05) is 19.6 Å². The van der Waals surface area contributed by atoms with Crippen LogP contribution in [0.1, 0.15) is 36.4 Å². The second-order valence-electron chi connectivity index (χ2n) is 4.86. The molecule has 0 radical (unpaired) electrons. The Bertz CT molecular complexity index is 329. The van der Waals surface area contributed by atoms with Crippen LogP contribution in [0.3, 0.4) is 0 Å². The standard InChI is InChI=1S/C14H22N2/c1-12-5-4-6-13(11-12)14(15)7-10-16-8-2-3-9-16/h4-6,11,14H,2-3,7-10,15H2,1H3. The lowest BCUT2D eigenvalue weighted by Gasteiger charge is -2.18. The maximum atomic E-state index is 6.22. The average Bonchev–Trinajstić information content (AvgIpc) is 2.78. The van der Waals surface area contributed by atoms with Gasteiger partial charge in [-0.1, -0.05) is 29.8 Å². The van der Waals surface area contributed by atoms with Gasteiger partial charge in [0.2, 0.25) is 0 Å². The van der Waals surface area contributed by atoms with Gasteiger partial charge in [-0.25, -0.2) is 0 Å².